The van der Waals surface area contributed by atoms with Crippen LogP contribution in [0.15, 0.2) is 42.4 Å². The van der Waals surface area contributed by atoms with Crippen LogP contribution in [0.25, 0.3) is 0 Å². The highest BCUT2D eigenvalue weighted by molar-refractivity contribution is 7.45. The van der Waals surface area contributed by atoms with Crippen molar-refractivity contribution in [2.45, 2.75) is 44.6 Å². The number of allylic oxidation sites excluding steroid dienone is 1. The second-order valence-electron chi connectivity index (χ2n) is 7.47. The molecule has 0 bridgehead atoms. The average Bonchev–Trinajstić information content (AvgIpc) is 3.12. The van der Waals surface area contributed by atoms with Crippen molar-refractivity contribution in [1.82, 2.24) is 15.3 Å². The summed E-state index contributed by atoms with van der Waals surface area (Å²) in [5.74, 6) is -5.05. The summed E-state index contributed by atoms with van der Waals surface area (Å²) in [6.07, 6.45) is -4.42. The molecule has 1 aliphatic heterocycles. The van der Waals surface area contributed by atoms with Crippen molar-refractivity contribution in [3.05, 3.63) is 42.4 Å². The molecule has 3 unspecified atom stereocenters. The Balaban J connectivity index is 2.09. The quantitative estimate of drug-likeness (QED) is 0.187. The molecule has 3 atom stereocenters. The molecule has 2 N–H and O–H groups in total. The molecule has 0 aromatic heterocycles. The highest BCUT2D eigenvalue weighted by Crippen LogP contribution is 2.41. The summed E-state index contributed by atoms with van der Waals surface area (Å²) in [5, 5.41) is 4.86. The number of amides is 2. The number of aldehydes is 1. The zero-order chi connectivity index (χ0) is 26.0. The van der Waals surface area contributed by atoms with Crippen LogP contribution >= 0.6 is 8.53 Å². The van der Waals surface area contributed by atoms with E-state index in [4.69, 9.17) is 18.5 Å². The first-order valence-electron chi connectivity index (χ1n) is 10.5. The lowest BCUT2D eigenvalue weighted by Gasteiger charge is -2.25. The Bertz CT molecular complexity index is 892. The average molecular weight is 521 g/mol. The molecule has 1 saturated heterocycles. The Hall–Kier alpha value is -2.73. The highest BCUT2D eigenvalue weighted by atomic mass is 31.2. The van der Waals surface area contributed by atoms with E-state index in [1.54, 1.807) is 44.2 Å². The van der Waals surface area contributed by atoms with Gasteiger partial charge in [0.15, 0.2) is 12.1 Å². The van der Waals surface area contributed by atoms with Crippen LogP contribution in [0.5, 0.6) is 5.75 Å². The Labute approximate surface area is 201 Å². The molecule has 0 spiro atoms. The number of urea groups is 1. The van der Waals surface area contributed by atoms with Gasteiger partial charge in [0.05, 0.1) is 25.3 Å². The van der Waals surface area contributed by atoms with Gasteiger partial charge in [-0.2, -0.15) is 0 Å². The van der Waals surface area contributed by atoms with Gasteiger partial charge >= 0.3 is 20.5 Å². The number of rotatable bonds is 12. The van der Waals surface area contributed by atoms with E-state index in [1.165, 1.54) is 7.05 Å². The third-order valence-corrected chi connectivity index (χ3v) is 5.54. The van der Waals surface area contributed by atoms with E-state index < -0.39 is 57.6 Å². The van der Waals surface area contributed by atoms with E-state index in [9.17, 15) is 27.6 Å². The zero-order valence-corrected chi connectivity index (χ0v) is 20.2. The lowest BCUT2D eigenvalue weighted by atomic mass is 10.1. The van der Waals surface area contributed by atoms with Crippen molar-refractivity contribution in [3.8, 4) is 5.75 Å². The van der Waals surface area contributed by atoms with Crippen LogP contribution in [0.4, 0.5) is 18.0 Å². The van der Waals surface area contributed by atoms with Crippen LogP contribution < -0.4 is 14.9 Å². The molecular formula is C21H27F3N3O7P. The largest absolute Gasteiger partial charge is 0.462 e. The number of carbonyl (C=O) groups is 3. The first kappa shape index (κ1) is 28.5. The molecule has 0 saturated carbocycles. The van der Waals surface area contributed by atoms with E-state index in [0.717, 1.165) is 0 Å². The number of alkyl halides is 2. The monoisotopic (exact) mass is 521 g/mol. The summed E-state index contributed by atoms with van der Waals surface area (Å²) in [7, 11) is -0.881. The van der Waals surface area contributed by atoms with Gasteiger partial charge < -0.3 is 23.8 Å². The minimum absolute atomic E-state index is 0.173. The zero-order valence-electron chi connectivity index (χ0n) is 19.3. The van der Waals surface area contributed by atoms with Crippen molar-refractivity contribution in [1.29, 1.82) is 0 Å². The van der Waals surface area contributed by atoms with Gasteiger partial charge in [-0.1, -0.05) is 18.2 Å². The molecule has 10 nitrogen and oxygen atoms in total. The second kappa shape index (κ2) is 13.4. The van der Waals surface area contributed by atoms with E-state index in [1.807, 2.05) is 0 Å². The molecule has 1 heterocycles. The van der Waals surface area contributed by atoms with Gasteiger partial charge in [-0.3, -0.25) is 14.5 Å². The van der Waals surface area contributed by atoms with E-state index >= 15 is 0 Å². The van der Waals surface area contributed by atoms with Crippen LogP contribution in [-0.4, -0.2) is 67.7 Å². The van der Waals surface area contributed by atoms with Gasteiger partial charge in [0.1, 0.15) is 24.6 Å². The Morgan fingerprint density at radius 2 is 2.00 bits per heavy atom. The van der Waals surface area contributed by atoms with Gasteiger partial charge in [0, 0.05) is 7.05 Å². The number of halogens is 3. The first-order chi connectivity index (χ1) is 16.6. The van der Waals surface area contributed by atoms with Crippen LogP contribution in [0.3, 0.4) is 0 Å². The topological polar surface area (TPSA) is 115 Å². The van der Waals surface area contributed by atoms with Gasteiger partial charge in [0.2, 0.25) is 0 Å². The number of nitrogens with zero attached hydrogens (tertiary/aromatic N) is 1. The molecule has 0 radical (unpaired) electrons. The minimum atomic E-state index is -3.47. The fourth-order valence-corrected chi connectivity index (χ4v) is 3.89. The van der Waals surface area contributed by atoms with E-state index in [2.05, 4.69) is 10.4 Å². The summed E-state index contributed by atoms with van der Waals surface area (Å²) < 4.78 is 64.2. The molecule has 1 aliphatic rings. The van der Waals surface area contributed by atoms with Crippen molar-refractivity contribution >= 4 is 26.8 Å². The maximum Gasteiger partial charge on any atom is 0.323 e. The molecule has 1 fully saturated rings. The molecule has 35 heavy (non-hydrogen) atoms. The third-order valence-electron chi connectivity index (χ3n) is 4.37. The van der Waals surface area contributed by atoms with Crippen LogP contribution in [0, 0.1) is 0 Å². The van der Waals surface area contributed by atoms with E-state index in [0.29, 0.717) is 16.8 Å². The number of para-hydroxylation sites is 1. The van der Waals surface area contributed by atoms with Crippen molar-refractivity contribution < 1.29 is 46.1 Å². The predicted octanol–water partition coefficient (Wildman–Crippen LogP) is 3.25. The summed E-state index contributed by atoms with van der Waals surface area (Å²) >= 11 is 0. The van der Waals surface area contributed by atoms with Crippen LogP contribution in [0.2, 0.25) is 0 Å². The summed E-state index contributed by atoms with van der Waals surface area (Å²) in [6, 6.07) is 7.39. The molecule has 14 heteroatoms. The lowest BCUT2D eigenvalue weighted by molar-refractivity contribution is -0.145. The SMILES string of the molecule is CNC(=O)N(/C=C(/F)C=O)C1CC(F)(F)C(COP(NCC(=O)OC(C)C)Oc2ccccc2)O1. The molecule has 1 aromatic carbocycles. The fourth-order valence-electron chi connectivity index (χ4n) is 2.84. The molecule has 2 amide bonds. The maximum absolute atomic E-state index is 14.7. The Kier molecular flexibility index (Phi) is 10.9. The number of carbonyl (C=O) groups excluding carboxylic acids is 3. The van der Waals surface area contributed by atoms with Crippen molar-refractivity contribution in [3.63, 3.8) is 0 Å². The summed E-state index contributed by atoms with van der Waals surface area (Å²) in [5.41, 5.74) is 0. The summed E-state index contributed by atoms with van der Waals surface area (Å²) in [4.78, 5) is 35.0. The number of hydrogen-bond donors (Lipinski definition) is 2. The van der Waals surface area contributed by atoms with E-state index in [-0.39, 0.29) is 18.9 Å². The van der Waals surface area contributed by atoms with Crippen LogP contribution in [-0.2, 0) is 23.6 Å². The van der Waals surface area contributed by atoms with Gasteiger partial charge in [-0.15, -0.1) is 0 Å². The number of hydrogen-bond acceptors (Lipinski definition) is 8. The van der Waals surface area contributed by atoms with Crippen molar-refractivity contribution in [2.75, 3.05) is 20.2 Å². The molecule has 2 rings (SSSR count). The first-order valence-corrected chi connectivity index (χ1v) is 11.7. The lowest BCUT2D eigenvalue weighted by Crippen LogP contribution is -2.42. The number of esters is 1. The van der Waals surface area contributed by atoms with Gasteiger partial charge in [-0.05, 0) is 26.0 Å². The number of benzene rings is 1. The molecular weight excluding hydrogens is 494 g/mol. The molecule has 194 valence electrons. The van der Waals surface area contributed by atoms with Crippen LogP contribution in [0.1, 0.15) is 20.3 Å². The minimum Gasteiger partial charge on any atom is -0.462 e. The highest BCUT2D eigenvalue weighted by Gasteiger charge is 2.53. The Morgan fingerprint density at radius 1 is 1.31 bits per heavy atom. The standard InChI is InChI=1S/C21H27F3N3O7P/c1-14(2)32-19(29)10-26-35(34-16-7-5-4-6-8-16)31-13-17-21(23,24)9-18(33-17)27(20(30)25-3)11-15(22)12-28/h4-8,11-12,14,17-18,26H,9-10,13H2,1-3H3,(H,25,30)/b15-11+. The Morgan fingerprint density at radius 3 is 2.60 bits per heavy atom. The molecule has 1 aromatic rings. The van der Waals surface area contributed by atoms with Gasteiger partial charge in [0.25, 0.3) is 5.92 Å². The van der Waals surface area contributed by atoms with Crippen molar-refractivity contribution in [2.24, 2.45) is 0 Å². The third kappa shape index (κ3) is 9.10. The second-order valence-corrected chi connectivity index (χ2v) is 8.74. The normalized spacial score (nSPS) is 20.3. The molecule has 0 aliphatic carbocycles. The fraction of sp³-hybridized carbons (Fsp3) is 0.476. The predicted molar refractivity (Wildman–Crippen MR) is 119 cm³/mol. The number of ether oxygens (including phenoxy) is 2. The smallest absolute Gasteiger partial charge is 0.323 e. The maximum atomic E-state index is 14.7. The summed E-state index contributed by atoms with van der Waals surface area (Å²) in [6.45, 7) is 2.36. The van der Waals surface area contributed by atoms with Gasteiger partial charge in [-0.25, -0.2) is 23.1 Å². The number of nitrogens with one attached hydrogen (secondary N) is 2.